The Morgan fingerprint density at radius 2 is 1.23 bits per heavy atom. The van der Waals surface area contributed by atoms with Crippen molar-refractivity contribution in [1.82, 2.24) is 59.9 Å². The number of nitrogens with one attached hydrogen (secondary N) is 2. The van der Waals surface area contributed by atoms with E-state index in [1.165, 1.54) is 16.8 Å². The summed E-state index contributed by atoms with van der Waals surface area (Å²) in [5.41, 5.74) is 25.4. The molecule has 8 N–H and O–H groups in total. The minimum absolute atomic E-state index is 0.0353. The second-order valence-corrected chi connectivity index (χ2v) is 21.8. The summed E-state index contributed by atoms with van der Waals surface area (Å²) in [4.78, 5) is 34.8. The topological polar surface area (TPSA) is 246 Å². The van der Waals surface area contributed by atoms with E-state index in [1.807, 2.05) is 53.2 Å². The minimum Gasteiger partial charge on any atom is -0.368 e. The first-order valence-corrected chi connectivity index (χ1v) is 26.5. The fourth-order valence-corrected chi connectivity index (χ4v) is 13.8. The molecule has 8 heterocycles. The smallest absolute Gasteiger partial charge is 0.239 e. The number of amides is 1. The van der Waals surface area contributed by atoms with Crippen LogP contribution in [0.3, 0.4) is 0 Å². The van der Waals surface area contributed by atoms with Crippen molar-refractivity contribution in [3.8, 4) is 22.5 Å². The molecule has 2 saturated heterocycles. The van der Waals surface area contributed by atoms with Gasteiger partial charge in [0.1, 0.15) is 40.8 Å². The van der Waals surface area contributed by atoms with Crippen LogP contribution in [0.15, 0.2) is 97.6 Å². The van der Waals surface area contributed by atoms with Crippen molar-refractivity contribution in [3.63, 3.8) is 0 Å². The van der Waals surface area contributed by atoms with Crippen molar-refractivity contribution >= 4 is 84.9 Å². The molecule has 4 fully saturated rings. The molecule has 0 unspecified atom stereocenters. The van der Waals surface area contributed by atoms with Crippen LogP contribution >= 0.6 is 23.2 Å². The second-order valence-electron chi connectivity index (χ2n) is 21.0. The summed E-state index contributed by atoms with van der Waals surface area (Å²) in [5, 5.41) is 26.5. The lowest BCUT2D eigenvalue weighted by atomic mass is 9.91. The molecule has 14 rings (SSSR count). The standard InChI is InChI=1S/C28H28ClFN8.C27H25ClFN9O/c1-15(2)38-22-8-7-16(24(29)17(22)11-33-38)25-26-27(36-35-25)34-23(12-32-26)37-10-9-18-20(13-37)28(18,14-31)19-5-3-4-6-21(19)30;28-23-14(5-6-20-15(23)10-38(36-20)12-21(31)39)24-25-26(35-34-24)33-22(9-32-25)37-8-7-16-18(11-37)27(16,13-30)17-3-1-2-4-19(17)29/h3-8,11-12,15,18,20H,9-10,13-14,31H2,1-2H3,(H,34,35,36);1-6,9-10,16,18H,7-8,11-13,30H2,(H2,31,39)(H,33,34,35)/t18-,20+,28-;16-,18+,27-/m11/s1. The molecule has 6 aromatic heterocycles. The number of benzene rings is 4. The lowest BCUT2D eigenvalue weighted by Crippen LogP contribution is -2.32. The van der Waals surface area contributed by atoms with Gasteiger partial charge in [-0.3, -0.25) is 24.4 Å². The van der Waals surface area contributed by atoms with Crippen LogP contribution in [0, 0.1) is 35.3 Å². The zero-order valence-corrected chi connectivity index (χ0v) is 43.5. The van der Waals surface area contributed by atoms with Crippen molar-refractivity contribution in [3.05, 3.63) is 130 Å². The van der Waals surface area contributed by atoms with Gasteiger partial charge in [-0.05, 0) is 97.9 Å². The van der Waals surface area contributed by atoms with Gasteiger partial charge >= 0.3 is 0 Å². The van der Waals surface area contributed by atoms with Gasteiger partial charge in [0.15, 0.2) is 0 Å². The molecular formula is C55H53Cl2F2N17O. The van der Waals surface area contributed by atoms with E-state index in [1.54, 1.807) is 36.9 Å². The Hall–Kier alpha value is -7.65. The van der Waals surface area contributed by atoms with Crippen LogP contribution < -0.4 is 27.0 Å². The van der Waals surface area contributed by atoms with Gasteiger partial charge in [0, 0.05) is 84.2 Å². The Balaban J connectivity index is 0.000000147. The van der Waals surface area contributed by atoms with Gasteiger partial charge < -0.3 is 27.0 Å². The lowest BCUT2D eigenvalue weighted by Gasteiger charge is -2.26. The molecule has 77 heavy (non-hydrogen) atoms. The molecule has 0 radical (unpaired) electrons. The summed E-state index contributed by atoms with van der Waals surface area (Å²) in [5.74, 6) is 1.91. The van der Waals surface area contributed by atoms with Gasteiger partial charge in [0.2, 0.25) is 17.2 Å². The van der Waals surface area contributed by atoms with E-state index < -0.39 is 5.91 Å². The Kier molecular flexibility index (Phi) is 11.8. The van der Waals surface area contributed by atoms with Crippen LogP contribution in [0.1, 0.15) is 43.9 Å². The van der Waals surface area contributed by atoms with Crippen molar-refractivity contribution in [2.45, 2.75) is 50.1 Å². The summed E-state index contributed by atoms with van der Waals surface area (Å²) < 4.78 is 32.9. The Labute approximate surface area is 449 Å². The number of aromatic nitrogens is 12. The number of fused-ring (bicyclic) bond motifs is 6. The third-order valence-electron chi connectivity index (χ3n) is 17.0. The molecule has 2 saturated carbocycles. The summed E-state index contributed by atoms with van der Waals surface area (Å²) in [7, 11) is 0. The molecule has 0 bridgehead atoms. The van der Waals surface area contributed by atoms with E-state index in [4.69, 9.17) is 60.3 Å². The number of hydrogen-bond acceptors (Lipinski definition) is 13. The molecular weight excluding hydrogens is 1020 g/mol. The Bertz CT molecular complexity index is 3970. The fourth-order valence-electron chi connectivity index (χ4n) is 13.2. The number of anilines is 2. The monoisotopic (exact) mass is 1080 g/mol. The van der Waals surface area contributed by atoms with Crippen LogP contribution in [0.2, 0.25) is 10.0 Å². The van der Waals surface area contributed by atoms with E-state index in [0.717, 1.165) is 83.9 Å². The molecule has 1 amide bonds. The minimum atomic E-state index is -0.489. The molecule has 6 atom stereocenters. The van der Waals surface area contributed by atoms with Crippen LogP contribution in [0.5, 0.6) is 0 Å². The number of rotatable bonds is 11. The molecule has 10 aromatic rings. The van der Waals surface area contributed by atoms with Gasteiger partial charge in [-0.25, -0.2) is 28.7 Å². The van der Waals surface area contributed by atoms with E-state index >= 15 is 0 Å². The average molecular weight is 1080 g/mol. The van der Waals surface area contributed by atoms with Crippen molar-refractivity contribution in [1.29, 1.82) is 0 Å². The largest absolute Gasteiger partial charge is 0.368 e. The third-order valence-corrected chi connectivity index (χ3v) is 17.8. The van der Waals surface area contributed by atoms with Gasteiger partial charge in [0.25, 0.3) is 0 Å². The number of halogens is 4. The van der Waals surface area contributed by atoms with Crippen LogP contribution in [0.25, 0.3) is 66.6 Å². The Morgan fingerprint density at radius 1 is 0.714 bits per heavy atom. The van der Waals surface area contributed by atoms with Crippen molar-refractivity contribution < 1.29 is 13.6 Å². The number of aromatic amines is 2. The van der Waals surface area contributed by atoms with Gasteiger partial charge in [0.05, 0.1) is 51.1 Å². The highest BCUT2D eigenvalue weighted by atomic mass is 35.5. The number of nitrogens with zero attached hydrogens (tertiary/aromatic N) is 12. The van der Waals surface area contributed by atoms with Crippen molar-refractivity contribution in [2.24, 2.45) is 40.9 Å². The normalized spacial score (nSPS) is 22.7. The van der Waals surface area contributed by atoms with Crippen LogP contribution in [-0.4, -0.2) is 105 Å². The van der Waals surface area contributed by atoms with Gasteiger partial charge in [-0.1, -0.05) is 59.6 Å². The highest BCUT2D eigenvalue weighted by Gasteiger charge is 2.67. The number of hydrogen-bond donors (Lipinski definition) is 5. The Morgan fingerprint density at radius 3 is 1.74 bits per heavy atom. The molecule has 18 nitrogen and oxygen atoms in total. The predicted molar refractivity (Wildman–Crippen MR) is 292 cm³/mol. The van der Waals surface area contributed by atoms with E-state index in [2.05, 4.69) is 54.2 Å². The molecule has 22 heteroatoms. The van der Waals surface area contributed by atoms with E-state index in [-0.39, 0.29) is 46.9 Å². The lowest BCUT2D eigenvalue weighted by molar-refractivity contribution is -0.118. The number of piperidine rings is 2. The first-order chi connectivity index (χ1) is 37.3. The molecule has 392 valence electrons. The third kappa shape index (κ3) is 7.73. The number of carbonyl (C=O) groups is 1. The van der Waals surface area contributed by atoms with E-state index in [0.29, 0.717) is 79.5 Å². The van der Waals surface area contributed by atoms with Gasteiger partial charge in [-0.2, -0.15) is 20.4 Å². The molecule has 0 spiro atoms. The average Bonchev–Trinajstić information content (AvgIpc) is 3.95. The fraction of sp³-hybridized carbons (Fsp3) is 0.327. The highest BCUT2D eigenvalue weighted by molar-refractivity contribution is 6.39. The maximum absolute atomic E-state index is 14.7. The molecule has 4 aromatic carbocycles. The maximum atomic E-state index is 14.7. The van der Waals surface area contributed by atoms with Crippen LogP contribution in [-0.2, 0) is 22.2 Å². The first kappa shape index (κ1) is 49.0. The molecule has 2 aliphatic carbocycles. The highest BCUT2D eigenvalue weighted by Crippen LogP contribution is 2.64. The first-order valence-electron chi connectivity index (χ1n) is 25.8. The quantitative estimate of drug-likeness (QED) is 0.0823. The maximum Gasteiger partial charge on any atom is 0.239 e. The summed E-state index contributed by atoms with van der Waals surface area (Å²) in [6.07, 6.45) is 8.86. The predicted octanol–water partition coefficient (Wildman–Crippen LogP) is 8.10. The SMILES string of the molecule is CC(C)n1ncc2c(Cl)c(-c3[nH]nc4nc(N5CC[C@@H]6[C@H](C5)[C@@]6(CN)c5ccccc5F)cnc34)ccc21.NC[C@]1(c2ccccc2F)[C@@H]2CCN(c3cnc4c(-c5ccc6nn(CC(N)=O)cc6c5Cl)[nH]nc4n3)C[C@@H]21. The zero-order chi connectivity index (χ0) is 53.1. The number of primary amides is 1. The summed E-state index contributed by atoms with van der Waals surface area (Å²) >= 11 is 13.6. The summed E-state index contributed by atoms with van der Waals surface area (Å²) in [6, 6.07) is 21.9. The zero-order valence-electron chi connectivity index (χ0n) is 42.0. The van der Waals surface area contributed by atoms with Crippen LogP contribution in [0.4, 0.5) is 20.4 Å². The molecule has 4 aliphatic rings. The number of nitrogens with two attached hydrogens (primary N) is 3. The molecule has 2 aliphatic heterocycles. The number of H-pyrrole nitrogens is 2. The van der Waals surface area contributed by atoms with Gasteiger partial charge in [-0.15, -0.1) is 0 Å². The van der Waals surface area contributed by atoms with Crippen molar-refractivity contribution in [2.75, 3.05) is 49.1 Å². The summed E-state index contributed by atoms with van der Waals surface area (Å²) in [6.45, 7) is 8.08. The van der Waals surface area contributed by atoms with E-state index in [9.17, 15) is 13.6 Å². The second kappa shape index (κ2) is 18.5. The number of carbonyl (C=O) groups excluding carboxylic acids is 1.